The van der Waals surface area contributed by atoms with E-state index in [0.717, 1.165) is 17.7 Å². The van der Waals surface area contributed by atoms with E-state index in [1.54, 1.807) is 4.90 Å². The lowest BCUT2D eigenvalue weighted by Gasteiger charge is -2.19. The average Bonchev–Trinajstić information content (AvgIpc) is 2.27. The van der Waals surface area contributed by atoms with Gasteiger partial charge in [-0.2, -0.15) is 0 Å². The summed E-state index contributed by atoms with van der Waals surface area (Å²) in [6.07, 6.45) is 0. The highest BCUT2D eigenvalue weighted by molar-refractivity contribution is 5.94. The van der Waals surface area contributed by atoms with Crippen LogP contribution in [-0.4, -0.2) is 24.4 Å². The largest absolute Gasteiger partial charge is 0.341 e. The molecule has 1 rings (SSSR count). The van der Waals surface area contributed by atoms with Crippen molar-refractivity contribution in [3.05, 3.63) is 35.4 Å². The maximum atomic E-state index is 12.0. The van der Waals surface area contributed by atoms with E-state index in [9.17, 15) is 4.79 Å². The average molecular weight is 220 g/mol. The minimum absolute atomic E-state index is 0.0669. The molecule has 0 fully saturated rings. The van der Waals surface area contributed by atoms with E-state index in [1.165, 1.54) is 0 Å². The molecule has 2 N–H and O–H groups in total. The summed E-state index contributed by atoms with van der Waals surface area (Å²) < 4.78 is 0. The molecule has 0 saturated carbocycles. The van der Waals surface area contributed by atoms with Crippen molar-refractivity contribution in [2.45, 2.75) is 20.4 Å². The molecule has 1 aromatic carbocycles. The smallest absolute Gasteiger partial charge is 0.253 e. The quantitative estimate of drug-likeness (QED) is 0.842. The summed E-state index contributed by atoms with van der Waals surface area (Å²) in [4.78, 5) is 13.7. The molecule has 0 aliphatic heterocycles. The molecule has 0 spiro atoms. The van der Waals surface area contributed by atoms with E-state index < -0.39 is 0 Å². The van der Waals surface area contributed by atoms with Gasteiger partial charge in [0.15, 0.2) is 0 Å². The standard InChI is InChI=1S/C13H20N2O/c1-10(2)9-15(3)13(16)12-6-4-11(8-14)5-7-12/h4-7,10H,8-9,14H2,1-3H3. The Hall–Kier alpha value is -1.35. The van der Waals surface area contributed by atoms with Crippen LogP contribution in [0.4, 0.5) is 0 Å². The van der Waals surface area contributed by atoms with Crippen molar-refractivity contribution in [1.82, 2.24) is 4.90 Å². The summed E-state index contributed by atoms with van der Waals surface area (Å²) in [5, 5.41) is 0. The van der Waals surface area contributed by atoms with Gasteiger partial charge in [0, 0.05) is 25.7 Å². The van der Waals surface area contributed by atoms with Gasteiger partial charge in [-0.25, -0.2) is 0 Å². The molecule has 0 aromatic heterocycles. The molecule has 0 heterocycles. The van der Waals surface area contributed by atoms with E-state index in [4.69, 9.17) is 5.73 Å². The highest BCUT2D eigenvalue weighted by Gasteiger charge is 2.12. The molecule has 0 saturated heterocycles. The number of hydrogen-bond acceptors (Lipinski definition) is 2. The van der Waals surface area contributed by atoms with Gasteiger partial charge in [-0.3, -0.25) is 4.79 Å². The fraction of sp³-hybridized carbons (Fsp3) is 0.462. The van der Waals surface area contributed by atoms with Gasteiger partial charge in [-0.05, 0) is 23.6 Å². The fourth-order valence-electron chi connectivity index (χ4n) is 1.63. The predicted molar refractivity (Wildman–Crippen MR) is 66.1 cm³/mol. The second-order valence-corrected chi connectivity index (χ2v) is 4.48. The Morgan fingerprint density at radius 2 is 1.88 bits per heavy atom. The van der Waals surface area contributed by atoms with Gasteiger partial charge < -0.3 is 10.6 Å². The van der Waals surface area contributed by atoms with Crippen molar-refractivity contribution in [1.29, 1.82) is 0 Å². The summed E-state index contributed by atoms with van der Waals surface area (Å²) in [5.41, 5.74) is 7.27. The topological polar surface area (TPSA) is 46.3 Å². The van der Waals surface area contributed by atoms with Gasteiger partial charge in [-0.1, -0.05) is 26.0 Å². The lowest BCUT2D eigenvalue weighted by atomic mass is 10.1. The molecule has 16 heavy (non-hydrogen) atoms. The molecule has 3 nitrogen and oxygen atoms in total. The number of benzene rings is 1. The number of amides is 1. The summed E-state index contributed by atoms with van der Waals surface area (Å²) in [6, 6.07) is 7.47. The molecule has 0 aliphatic carbocycles. The third-order valence-electron chi connectivity index (χ3n) is 2.42. The molecule has 88 valence electrons. The zero-order valence-corrected chi connectivity index (χ0v) is 10.2. The Balaban J connectivity index is 2.72. The molecule has 1 aromatic rings. The fourth-order valence-corrected chi connectivity index (χ4v) is 1.63. The van der Waals surface area contributed by atoms with Gasteiger partial charge >= 0.3 is 0 Å². The van der Waals surface area contributed by atoms with Gasteiger partial charge in [0.05, 0.1) is 0 Å². The number of carbonyl (C=O) groups excluding carboxylic acids is 1. The summed E-state index contributed by atoms with van der Waals surface area (Å²) in [7, 11) is 1.83. The van der Waals surface area contributed by atoms with Crippen LogP contribution in [0.25, 0.3) is 0 Å². The summed E-state index contributed by atoms with van der Waals surface area (Å²) in [6.45, 7) is 5.48. The second kappa shape index (κ2) is 5.66. The first-order valence-electron chi connectivity index (χ1n) is 5.59. The van der Waals surface area contributed by atoms with E-state index >= 15 is 0 Å². The van der Waals surface area contributed by atoms with Crippen LogP contribution in [0.3, 0.4) is 0 Å². The zero-order valence-electron chi connectivity index (χ0n) is 10.2. The van der Waals surface area contributed by atoms with Crippen molar-refractivity contribution in [2.75, 3.05) is 13.6 Å². The van der Waals surface area contributed by atoms with E-state index in [2.05, 4.69) is 13.8 Å². The highest BCUT2D eigenvalue weighted by Crippen LogP contribution is 2.08. The summed E-state index contributed by atoms with van der Waals surface area (Å²) >= 11 is 0. The van der Waals surface area contributed by atoms with Crippen LogP contribution in [0.15, 0.2) is 24.3 Å². The molecule has 3 heteroatoms. The van der Waals surface area contributed by atoms with Crippen molar-refractivity contribution in [2.24, 2.45) is 11.7 Å². The molecule has 0 unspecified atom stereocenters. The Bertz CT molecular complexity index is 343. The Morgan fingerprint density at radius 1 is 1.31 bits per heavy atom. The van der Waals surface area contributed by atoms with Crippen LogP contribution >= 0.6 is 0 Å². The zero-order chi connectivity index (χ0) is 12.1. The Labute approximate surface area is 97.2 Å². The number of rotatable bonds is 4. The number of nitrogens with two attached hydrogens (primary N) is 1. The minimum atomic E-state index is 0.0669. The SMILES string of the molecule is CC(C)CN(C)C(=O)c1ccc(CN)cc1. The molecular formula is C13H20N2O. The van der Waals surface area contributed by atoms with E-state index in [1.807, 2.05) is 31.3 Å². The monoisotopic (exact) mass is 220 g/mol. The van der Waals surface area contributed by atoms with Crippen LogP contribution in [-0.2, 0) is 6.54 Å². The Kier molecular flexibility index (Phi) is 4.50. The normalized spacial score (nSPS) is 10.6. The molecule has 0 radical (unpaired) electrons. The second-order valence-electron chi connectivity index (χ2n) is 4.48. The van der Waals surface area contributed by atoms with Crippen molar-refractivity contribution in [3.63, 3.8) is 0 Å². The van der Waals surface area contributed by atoms with Crippen molar-refractivity contribution >= 4 is 5.91 Å². The maximum absolute atomic E-state index is 12.0. The number of nitrogens with zero attached hydrogens (tertiary/aromatic N) is 1. The lowest BCUT2D eigenvalue weighted by Crippen LogP contribution is -2.30. The van der Waals surface area contributed by atoms with Gasteiger partial charge in [0.1, 0.15) is 0 Å². The van der Waals surface area contributed by atoms with Crippen LogP contribution in [0, 0.1) is 5.92 Å². The third kappa shape index (κ3) is 3.35. The highest BCUT2D eigenvalue weighted by atomic mass is 16.2. The van der Waals surface area contributed by atoms with Crippen molar-refractivity contribution in [3.8, 4) is 0 Å². The maximum Gasteiger partial charge on any atom is 0.253 e. The Morgan fingerprint density at radius 3 is 2.31 bits per heavy atom. The molecule has 0 bridgehead atoms. The van der Waals surface area contributed by atoms with E-state index in [0.29, 0.717) is 12.5 Å². The molecule has 1 amide bonds. The third-order valence-corrected chi connectivity index (χ3v) is 2.42. The van der Waals surface area contributed by atoms with Crippen LogP contribution < -0.4 is 5.73 Å². The molecule has 0 aliphatic rings. The first-order chi connectivity index (χ1) is 7.54. The van der Waals surface area contributed by atoms with E-state index in [-0.39, 0.29) is 5.91 Å². The first kappa shape index (κ1) is 12.7. The minimum Gasteiger partial charge on any atom is -0.341 e. The predicted octanol–water partition coefficient (Wildman–Crippen LogP) is 1.87. The lowest BCUT2D eigenvalue weighted by molar-refractivity contribution is 0.0779. The van der Waals surface area contributed by atoms with Gasteiger partial charge in [0.2, 0.25) is 0 Å². The van der Waals surface area contributed by atoms with Crippen LogP contribution in [0.5, 0.6) is 0 Å². The molecule has 0 atom stereocenters. The number of hydrogen-bond donors (Lipinski definition) is 1. The summed E-state index contributed by atoms with van der Waals surface area (Å²) in [5.74, 6) is 0.550. The van der Waals surface area contributed by atoms with Gasteiger partial charge in [-0.15, -0.1) is 0 Å². The van der Waals surface area contributed by atoms with Crippen molar-refractivity contribution < 1.29 is 4.79 Å². The van der Waals surface area contributed by atoms with Gasteiger partial charge in [0.25, 0.3) is 5.91 Å². The number of carbonyl (C=O) groups is 1. The van der Waals surface area contributed by atoms with Crippen LogP contribution in [0.2, 0.25) is 0 Å². The first-order valence-corrected chi connectivity index (χ1v) is 5.59. The molecular weight excluding hydrogens is 200 g/mol. The van der Waals surface area contributed by atoms with Crippen LogP contribution in [0.1, 0.15) is 29.8 Å².